The molecule has 0 aliphatic rings. The molecule has 5 heteroatoms. The van der Waals surface area contributed by atoms with Crippen molar-refractivity contribution in [1.82, 2.24) is 4.90 Å². The summed E-state index contributed by atoms with van der Waals surface area (Å²) in [7, 11) is 1.70. The highest BCUT2D eigenvalue weighted by molar-refractivity contribution is 14.1. The minimum atomic E-state index is -0.0718. The molecule has 4 nitrogen and oxygen atoms in total. The first-order chi connectivity index (χ1) is 11.7. The molecule has 0 aliphatic carbocycles. The molecule has 2 aromatic rings. The number of halogens is 1. The van der Waals surface area contributed by atoms with Crippen LogP contribution in [0.5, 0.6) is 0 Å². The van der Waals surface area contributed by atoms with Gasteiger partial charge in [0.05, 0.1) is 0 Å². The van der Waals surface area contributed by atoms with Gasteiger partial charge in [0.25, 0.3) is 0 Å². The standard InChI is InChI=1S/C19H23IN2O2/c1-24-14-6-5-13-22(15-16-7-3-2-4-8-16)19(23)21-18-11-9-17(20)10-12-18/h2-4,7-12H,5-6,13-15H2,1H3,(H,21,23). The monoisotopic (exact) mass is 438 g/mol. The van der Waals surface area contributed by atoms with E-state index < -0.39 is 0 Å². The van der Waals surface area contributed by atoms with E-state index in [2.05, 4.69) is 27.9 Å². The van der Waals surface area contributed by atoms with Crippen LogP contribution in [0.25, 0.3) is 0 Å². The molecular formula is C19H23IN2O2. The molecule has 1 N–H and O–H groups in total. The van der Waals surface area contributed by atoms with Gasteiger partial charge >= 0.3 is 6.03 Å². The van der Waals surface area contributed by atoms with Gasteiger partial charge < -0.3 is 15.0 Å². The van der Waals surface area contributed by atoms with Crippen molar-refractivity contribution >= 4 is 34.3 Å². The second-order valence-electron chi connectivity index (χ2n) is 5.54. The third-order valence-electron chi connectivity index (χ3n) is 3.63. The first-order valence-electron chi connectivity index (χ1n) is 8.03. The summed E-state index contributed by atoms with van der Waals surface area (Å²) >= 11 is 2.25. The van der Waals surface area contributed by atoms with E-state index in [4.69, 9.17) is 4.74 Å². The van der Waals surface area contributed by atoms with Gasteiger partial charge in [-0.3, -0.25) is 0 Å². The Hall–Kier alpha value is -1.60. The summed E-state index contributed by atoms with van der Waals surface area (Å²) in [5.41, 5.74) is 1.94. The Morgan fingerprint density at radius 3 is 2.46 bits per heavy atom. The van der Waals surface area contributed by atoms with Crippen molar-refractivity contribution in [3.63, 3.8) is 0 Å². The number of amides is 2. The summed E-state index contributed by atoms with van der Waals surface area (Å²) in [6.07, 6.45) is 1.86. The number of benzene rings is 2. The van der Waals surface area contributed by atoms with E-state index >= 15 is 0 Å². The Morgan fingerprint density at radius 2 is 1.79 bits per heavy atom. The van der Waals surface area contributed by atoms with Gasteiger partial charge in [0.15, 0.2) is 0 Å². The summed E-state index contributed by atoms with van der Waals surface area (Å²) in [5, 5.41) is 2.98. The molecule has 0 aromatic heterocycles. The Bertz CT molecular complexity index is 617. The van der Waals surface area contributed by atoms with E-state index in [1.54, 1.807) is 7.11 Å². The van der Waals surface area contributed by atoms with Crippen LogP contribution in [0.1, 0.15) is 18.4 Å². The van der Waals surface area contributed by atoms with Crippen LogP contribution in [0.15, 0.2) is 54.6 Å². The van der Waals surface area contributed by atoms with Crippen molar-refractivity contribution in [2.45, 2.75) is 19.4 Å². The summed E-state index contributed by atoms with van der Waals surface area (Å²) in [5.74, 6) is 0. The number of hydrogen-bond donors (Lipinski definition) is 1. The number of anilines is 1. The average Bonchev–Trinajstić information content (AvgIpc) is 2.60. The molecule has 0 saturated heterocycles. The predicted molar refractivity (Wildman–Crippen MR) is 106 cm³/mol. The average molecular weight is 438 g/mol. The lowest BCUT2D eigenvalue weighted by molar-refractivity contribution is 0.182. The van der Waals surface area contributed by atoms with Gasteiger partial charge in [-0.05, 0) is 65.3 Å². The zero-order chi connectivity index (χ0) is 17.2. The molecule has 0 bridgehead atoms. The van der Waals surface area contributed by atoms with Crippen LogP contribution in [0.3, 0.4) is 0 Å². The maximum atomic E-state index is 12.6. The van der Waals surface area contributed by atoms with Crippen LogP contribution in [0.4, 0.5) is 10.5 Å². The topological polar surface area (TPSA) is 41.6 Å². The molecule has 0 atom stereocenters. The van der Waals surface area contributed by atoms with E-state index in [-0.39, 0.29) is 6.03 Å². The quantitative estimate of drug-likeness (QED) is 0.478. The minimum absolute atomic E-state index is 0.0718. The number of nitrogens with one attached hydrogen (secondary N) is 1. The fourth-order valence-electron chi connectivity index (χ4n) is 2.34. The predicted octanol–water partition coefficient (Wildman–Crippen LogP) is 4.75. The Balaban J connectivity index is 1.99. The maximum Gasteiger partial charge on any atom is 0.322 e. The molecule has 0 aliphatic heterocycles. The van der Waals surface area contributed by atoms with Crippen LogP contribution in [0, 0.1) is 3.57 Å². The molecule has 0 fully saturated rings. The third kappa shape index (κ3) is 6.49. The largest absolute Gasteiger partial charge is 0.385 e. The lowest BCUT2D eigenvalue weighted by Gasteiger charge is -2.23. The second-order valence-corrected chi connectivity index (χ2v) is 6.79. The number of nitrogens with zero attached hydrogens (tertiary/aromatic N) is 1. The van der Waals surface area contributed by atoms with Gasteiger partial charge in [-0.15, -0.1) is 0 Å². The number of methoxy groups -OCH3 is 1. The smallest absolute Gasteiger partial charge is 0.322 e. The SMILES string of the molecule is COCCCCN(Cc1ccccc1)C(=O)Nc1ccc(I)cc1. The fourth-order valence-corrected chi connectivity index (χ4v) is 2.70. The number of rotatable bonds is 8. The molecule has 0 heterocycles. The number of carbonyl (C=O) groups is 1. The van der Waals surface area contributed by atoms with Crippen molar-refractivity contribution in [2.75, 3.05) is 25.6 Å². The molecule has 0 saturated carbocycles. The number of carbonyl (C=O) groups excluding carboxylic acids is 1. The zero-order valence-corrected chi connectivity index (χ0v) is 16.0. The Morgan fingerprint density at radius 1 is 1.08 bits per heavy atom. The van der Waals surface area contributed by atoms with Gasteiger partial charge in [-0.25, -0.2) is 4.79 Å². The minimum Gasteiger partial charge on any atom is -0.385 e. The van der Waals surface area contributed by atoms with Crippen molar-refractivity contribution in [3.8, 4) is 0 Å². The van der Waals surface area contributed by atoms with Crippen LogP contribution in [-0.2, 0) is 11.3 Å². The summed E-state index contributed by atoms with van der Waals surface area (Å²) < 4.78 is 6.23. The summed E-state index contributed by atoms with van der Waals surface area (Å²) in [6, 6.07) is 17.8. The van der Waals surface area contributed by atoms with E-state index in [9.17, 15) is 4.79 Å². The lowest BCUT2D eigenvalue weighted by Crippen LogP contribution is -2.35. The van der Waals surface area contributed by atoms with Crippen molar-refractivity contribution in [3.05, 3.63) is 63.7 Å². The van der Waals surface area contributed by atoms with Crippen LogP contribution in [0.2, 0.25) is 0 Å². The molecule has 0 spiro atoms. The van der Waals surface area contributed by atoms with Crippen LogP contribution < -0.4 is 5.32 Å². The normalized spacial score (nSPS) is 10.4. The number of urea groups is 1. The van der Waals surface area contributed by atoms with Gasteiger partial charge in [-0.1, -0.05) is 30.3 Å². The first kappa shape index (κ1) is 18.7. The fraction of sp³-hybridized carbons (Fsp3) is 0.316. The number of hydrogen-bond acceptors (Lipinski definition) is 2. The molecule has 0 unspecified atom stereocenters. The summed E-state index contributed by atoms with van der Waals surface area (Å²) in [4.78, 5) is 14.5. The van der Waals surface area contributed by atoms with Crippen LogP contribution >= 0.6 is 22.6 Å². The molecular weight excluding hydrogens is 415 g/mol. The summed E-state index contributed by atoms with van der Waals surface area (Å²) in [6.45, 7) is 2.02. The van der Waals surface area contributed by atoms with Gasteiger partial charge in [0.2, 0.25) is 0 Å². The molecule has 128 valence electrons. The highest BCUT2D eigenvalue weighted by Gasteiger charge is 2.14. The third-order valence-corrected chi connectivity index (χ3v) is 4.34. The Kier molecular flexibility index (Phi) is 8.04. The number of unbranched alkanes of at least 4 members (excludes halogenated alkanes) is 1. The van der Waals surface area contributed by atoms with Gasteiger partial charge in [0.1, 0.15) is 0 Å². The van der Waals surface area contributed by atoms with Gasteiger partial charge in [0, 0.05) is 36.1 Å². The van der Waals surface area contributed by atoms with Crippen molar-refractivity contribution in [2.24, 2.45) is 0 Å². The molecule has 2 amide bonds. The highest BCUT2D eigenvalue weighted by atomic mass is 127. The molecule has 24 heavy (non-hydrogen) atoms. The van der Waals surface area contributed by atoms with E-state index in [1.807, 2.05) is 59.5 Å². The second kappa shape index (κ2) is 10.3. The zero-order valence-electron chi connectivity index (χ0n) is 13.9. The van der Waals surface area contributed by atoms with Crippen LogP contribution in [-0.4, -0.2) is 31.2 Å². The van der Waals surface area contributed by atoms with E-state index in [0.717, 1.165) is 34.3 Å². The molecule has 2 rings (SSSR count). The molecule has 0 radical (unpaired) electrons. The van der Waals surface area contributed by atoms with E-state index in [1.165, 1.54) is 0 Å². The van der Waals surface area contributed by atoms with Gasteiger partial charge in [-0.2, -0.15) is 0 Å². The number of ether oxygens (including phenoxy) is 1. The Labute approximate surface area is 157 Å². The molecule has 2 aromatic carbocycles. The highest BCUT2D eigenvalue weighted by Crippen LogP contribution is 2.13. The van der Waals surface area contributed by atoms with Crippen molar-refractivity contribution in [1.29, 1.82) is 0 Å². The first-order valence-corrected chi connectivity index (χ1v) is 9.11. The van der Waals surface area contributed by atoms with Crippen molar-refractivity contribution < 1.29 is 9.53 Å². The lowest BCUT2D eigenvalue weighted by atomic mass is 10.2. The van der Waals surface area contributed by atoms with E-state index in [0.29, 0.717) is 13.1 Å². The maximum absolute atomic E-state index is 12.6.